The summed E-state index contributed by atoms with van der Waals surface area (Å²) in [5.74, 6) is 1.47. The fourth-order valence-electron chi connectivity index (χ4n) is 2.57. The molecule has 7 heteroatoms. The molecule has 0 spiro atoms. The van der Waals surface area contributed by atoms with Crippen LogP contribution < -0.4 is 14.2 Å². The van der Waals surface area contributed by atoms with E-state index in [1.807, 2.05) is 30.3 Å². The molecule has 26 heavy (non-hydrogen) atoms. The SMILES string of the molecule is COc1cc(C(=NO)c2nc(-c3ccccc3)c[se]2)cc(OC)c1OC. The van der Waals surface area contributed by atoms with Crippen LogP contribution in [0.25, 0.3) is 11.3 Å². The summed E-state index contributed by atoms with van der Waals surface area (Å²) in [6.45, 7) is 0. The third-order valence-corrected chi connectivity index (χ3v) is 5.60. The number of nitrogens with zero attached hydrogens (tertiary/aromatic N) is 2. The van der Waals surface area contributed by atoms with Gasteiger partial charge in [-0.2, -0.15) is 0 Å². The molecular weight excluding hydrogens is 399 g/mol. The van der Waals surface area contributed by atoms with E-state index < -0.39 is 0 Å². The molecule has 134 valence electrons. The van der Waals surface area contributed by atoms with Crippen molar-refractivity contribution >= 4 is 20.2 Å². The van der Waals surface area contributed by atoms with Crippen LogP contribution in [0.2, 0.25) is 0 Å². The fourth-order valence-corrected chi connectivity index (χ4v) is 4.31. The Morgan fingerprint density at radius 1 is 1.00 bits per heavy atom. The Bertz CT molecular complexity index is 897. The van der Waals surface area contributed by atoms with Crippen LogP contribution in [0, 0.1) is 0 Å². The molecule has 6 nitrogen and oxygen atoms in total. The molecule has 0 aliphatic carbocycles. The molecule has 1 N–H and O–H groups in total. The Labute approximate surface area is 157 Å². The first-order chi connectivity index (χ1) is 12.7. The predicted octanol–water partition coefficient (Wildman–Crippen LogP) is 3.06. The van der Waals surface area contributed by atoms with E-state index in [9.17, 15) is 5.21 Å². The second-order valence-corrected chi connectivity index (χ2v) is 7.07. The average molecular weight is 417 g/mol. The van der Waals surface area contributed by atoms with Gasteiger partial charge in [0.25, 0.3) is 0 Å². The van der Waals surface area contributed by atoms with E-state index in [0.717, 1.165) is 15.8 Å². The van der Waals surface area contributed by atoms with Gasteiger partial charge in [0.05, 0.1) is 0 Å². The first-order valence-corrected chi connectivity index (χ1v) is 9.60. The van der Waals surface area contributed by atoms with Gasteiger partial charge in [-0.1, -0.05) is 0 Å². The van der Waals surface area contributed by atoms with Crippen LogP contribution in [0.5, 0.6) is 17.2 Å². The minimum absolute atomic E-state index is 0.0485. The van der Waals surface area contributed by atoms with Crippen LogP contribution >= 0.6 is 0 Å². The fraction of sp³-hybridized carbons (Fsp3) is 0.158. The zero-order chi connectivity index (χ0) is 18.5. The third-order valence-electron chi connectivity index (χ3n) is 3.81. The Morgan fingerprint density at radius 3 is 2.19 bits per heavy atom. The van der Waals surface area contributed by atoms with Gasteiger partial charge in [-0.3, -0.25) is 0 Å². The second kappa shape index (κ2) is 8.08. The summed E-state index contributed by atoms with van der Waals surface area (Å²) in [4.78, 5) is 6.73. The zero-order valence-electron chi connectivity index (χ0n) is 14.6. The van der Waals surface area contributed by atoms with Crippen LogP contribution in [-0.4, -0.2) is 51.7 Å². The Morgan fingerprint density at radius 2 is 1.65 bits per heavy atom. The van der Waals surface area contributed by atoms with Gasteiger partial charge in [0.2, 0.25) is 0 Å². The van der Waals surface area contributed by atoms with Crippen LogP contribution in [0.3, 0.4) is 0 Å². The Balaban J connectivity index is 2.04. The number of oxime groups is 1. The predicted molar refractivity (Wildman–Crippen MR) is 100 cm³/mol. The van der Waals surface area contributed by atoms with Crippen molar-refractivity contribution in [1.29, 1.82) is 0 Å². The molecule has 1 aromatic heterocycles. The van der Waals surface area contributed by atoms with Crippen molar-refractivity contribution in [2.45, 2.75) is 0 Å². The van der Waals surface area contributed by atoms with Crippen molar-refractivity contribution in [3.8, 4) is 28.5 Å². The molecule has 0 atom stereocenters. The third kappa shape index (κ3) is 3.45. The van der Waals surface area contributed by atoms with Gasteiger partial charge in [-0.25, -0.2) is 0 Å². The van der Waals surface area contributed by atoms with Crippen molar-refractivity contribution in [3.63, 3.8) is 0 Å². The molecule has 0 unspecified atom stereocenters. The summed E-state index contributed by atoms with van der Waals surface area (Å²) in [6, 6.07) is 13.4. The number of rotatable bonds is 6. The Kier molecular flexibility index (Phi) is 5.61. The summed E-state index contributed by atoms with van der Waals surface area (Å²) < 4.78 is 16.8. The second-order valence-electron chi connectivity index (χ2n) is 5.27. The number of aromatic nitrogens is 1. The Hall–Kier alpha value is -2.76. The number of benzene rings is 2. The van der Waals surface area contributed by atoms with Crippen molar-refractivity contribution in [1.82, 2.24) is 4.98 Å². The van der Waals surface area contributed by atoms with E-state index in [1.165, 1.54) is 0 Å². The summed E-state index contributed by atoms with van der Waals surface area (Å²) in [5, 5.41) is 13.1. The van der Waals surface area contributed by atoms with Gasteiger partial charge in [-0.05, 0) is 0 Å². The van der Waals surface area contributed by atoms with E-state index in [1.54, 1.807) is 33.5 Å². The van der Waals surface area contributed by atoms with Gasteiger partial charge in [-0.15, -0.1) is 0 Å². The molecule has 0 amide bonds. The number of hydrogen-bond donors (Lipinski definition) is 1. The minimum atomic E-state index is -0.0485. The zero-order valence-corrected chi connectivity index (χ0v) is 16.3. The molecule has 0 aliphatic heterocycles. The molecule has 0 fully saturated rings. The normalized spacial score (nSPS) is 11.3. The average Bonchev–Trinajstić information content (AvgIpc) is 3.18. The maximum absolute atomic E-state index is 9.63. The van der Waals surface area contributed by atoms with Crippen LogP contribution in [-0.2, 0) is 0 Å². The van der Waals surface area contributed by atoms with Crippen LogP contribution in [0.1, 0.15) is 10.1 Å². The number of hydrogen-bond acceptors (Lipinski definition) is 6. The number of ether oxygens (including phenoxy) is 3. The topological polar surface area (TPSA) is 73.2 Å². The first kappa shape index (κ1) is 18.0. The summed E-state index contributed by atoms with van der Waals surface area (Å²) in [6.07, 6.45) is 0. The van der Waals surface area contributed by atoms with E-state index >= 15 is 0 Å². The molecule has 1 heterocycles. The van der Waals surface area contributed by atoms with E-state index in [0.29, 0.717) is 28.5 Å². The molecule has 0 saturated carbocycles. The van der Waals surface area contributed by atoms with Crippen molar-refractivity contribution in [2.24, 2.45) is 5.16 Å². The molecule has 0 radical (unpaired) electrons. The van der Waals surface area contributed by atoms with Crippen molar-refractivity contribution in [2.75, 3.05) is 21.3 Å². The standard InChI is InChI=1S/C19H18N2O4Se/c1-23-15-9-13(10-16(24-2)18(15)25-3)17(21-22)19-20-14(11-26-19)12-7-5-4-6-8-12/h4-11,22H,1-3H3. The maximum atomic E-state index is 9.63. The molecule has 0 saturated heterocycles. The molecule has 3 aromatic rings. The molecule has 3 rings (SSSR count). The number of methoxy groups -OCH3 is 3. The quantitative estimate of drug-likeness (QED) is 0.289. The van der Waals surface area contributed by atoms with Gasteiger partial charge in [0.15, 0.2) is 0 Å². The monoisotopic (exact) mass is 418 g/mol. The first-order valence-electron chi connectivity index (χ1n) is 7.75. The van der Waals surface area contributed by atoms with Crippen molar-refractivity contribution in [3.05, 3.63) is 57.5 Å². The summed E-state index contributed by atoms with van der Waals surface area (Å²) in [5.41, 5.74) is 2.96. The summed E-state index contributed by atoms with van der Waals surface area (Å²) >= 11 is -0.0485. The van der Waals surface area contributed by atoms with Gasteiger partial charge < -0.3 is 0 Å². The van der Waals surface area contributed by atoms with E-state index in [2.05, 4.69) is 15.1 Å². The molecule has 0 aliphatic rings. The molecule has 2 aromatic carbocycles. The van der Waals surface area contributed by atoms with Crippen LogP contribution in [0.15, 0.2) is 52.6 Å². The van der Waals surface area contributed by atoms with Gasteiger partial charge in [0.1, 0.15) is 0 Å². The van der Waals surface area contributed by atoms with E-state index in [-0.39, 0.29) is 14.5 Å². The van der Waals surface area contributed by atoms with Crippen molar-refractivity contribution < 1.29 is 19.4 Å². The molecule has 0 bridgehead atoms. The molecular formula is C19H18N2O4Se. The van der Waals surface area contributed by atoms with E-state index in [4.69, 9.17) is 14.2 Å². The van der Waals surface area contributed by atoms with Gasteiger partial charge in [0, 0.05) is 0 Å². The summed E-state index contributed by atoms with van der Waals surface area (Å²) in [7, 11) is 4.63. The van der Waals surface area contributed by atoms with Crippen LogP contribution in [0.4, 0.5) is 0 Å². The van der Waals surface area contributed by atoms with Gasteiger partial charge >= 0.3 is 157 Å².